The Labute approximate surface area is 129 Å². The zero-order valence-electron chi connectivity index (χ0n) is 11.1. The smallest absolute Gasteiger partial charge is 0.336 e. The van der Waals surface area contributed by atoms with Crippen LogP contribution >= 0.6 is 23.2 Å². The van der Waals surface area contributed by atoms with Crippen LogP contribution in [0.3, 0.4) is 0 Å². The lowest BCUT2D eigenvalue weighted by Gasteiger charge is -2.19. The van der Waals surface area contributed by atoms with Gasteiger partial charge in [0.15, 0.2) is 0 Å². The van der Waals surface area contributed by atoms with Crippen LogP contribution in [-0.4, -0.2) is 21.0 Å². The zero-order chi connectivity index (χ0) is 15.5. The molecule has 0 spiro atoms. The Morgan fingerprint density at radius 2 is 2.00 bits per heavy atom. The number of hydrogen-bond acceptors (Lipinski definition) is 2. The van der Waals surface area contributed by atoms with Crippen LogP contribution in [0.1, 0.15) is 41.8 Å². The molecule has 0 saturated heterocycles. The Morgan fingerprint density at radius 3 is 2.40 bits per heavy atom. The van der Waals surface area contributed by atoms with Gasteiger partial charge < -0.3 is 5.11 Å². The molecule has 0 heterocycles. The van der Waals surface area contributed by atoms with Crippen molar-refractivity contribution in [2.75, 3.05) is 5.75 Å². The fourth-order valence-electron chi connectivity index (χ4n) is 1.95. The molecule has 0 bridgehead atoms. The molecule has 7 heteroatoms. The second-order valence-electron chi connectivity index (χ2n) is 4.17. The molecule has 0 fully saturated rings. The highest BCUT2D eigenvalue weighted by molar-refractivity contribution is 7.85. The van der Waals surface area contributed by atoms with Crippen LogP contribution in [0.4, 0.5) is 4.39 Å². The summed E-state index contributed by atoms with van der Waals surface area (Å²) in [5.41, 5.74) is 0.160. The minimum absolute atomic E-state index is 0.00622. The molecule has 20 heavy (non-hydrogen) atoms. The Hall–Kier alpha value is -0.650. The zero-order valence-corrected chi connectivity index (χ0v) is 13.4. The highest BCUT2D eigenvalue weighted by Gasteiger charge is 2.33. The van der Waals surface area contributed by atoms with Gasteiger partial charge in [-0.15, -0.1) is 0 Å². The lowest BCUT2D eigenvalue weighted by atomic mass is 10.0. The van der Waals surface area contributed by atoms with Crippen molar-refractivity contribution in [1.82, 2.24) is 0 Å². The highest BCUT2D eigenvalue weighted by Crippen LogP contribution is 2.40. The Bertz CT molecular complexity index is 541. The van der Waals surface area contributed by atoms with Gasteiger partial charge in [-0.2, -0.15) is 0 Å². The van der Waals surface area contributed by atoms with Crippen LogP contribution in [0.25, 0.3) is 0 Å². The maximum absolute atomic E-state index is 13.9. The van der Waals surface area contributed by atoms with E-state index in [1.54, 1.807) is 6.92 Å². The fourth-order valence-corrected chi connectivity index (χ4v) is 3.93. The summed E-state index contributed by atoms with van der Waals surface area (Å²) in [6.45, 7) is 3.54. The number of carboxylic acids is 1. The van der Waals surface area contributed by atoms with Gasteiger partial charge in [-0.1, -0.05) is 43.1 Å². The predicted octanol–water partition coefficient (Wildman–Crippen LogP) is 4.02. The van der Waals surface area contributed by atoms with Gasteiger partial charge in [-0.3, -0.25) is 4.21 Å². The molecule has 0 aliphatic carbocycles. The number of carboxylic acid groups (broad SMARTS) is 1. The number of alkyl halides is 3. The molecule has 0 amide bonds. The molecule has 1 aromatic carbocycles. The summed E-state index contributed by atoms with van der Waals surface area (Å²) in [4.78, 5) is 11.3. The van der Waals surface area contributed by atoms with Crippen LogP contribution in [0.2, 0.25) is 0 Å². The third-order valence-corrected chi connectivity index (χ3v) is 4.87. The van der Waals surface area contributed by atoms with E-state index in [0.29, 0.717) is 18.4 Å². The molecule has 0 aliphatic rings. The van der Waals surface area contributed by atoms with Crippen molar-refractivity contribution in [2.45, 2.75) is 36.2 Å². The second-order valence-corrected chi connectivity index (χ2v) is 6.92. The summed E-state index contributed by atoms with van der Waals surface area (Å²) in [6, 6.07) is 2.42. The van der Waals surface area contributed by atoms with Crippen molar-refractivity contribution in [1.29, 1.82) is 0 Å². The van der Waals surface area contributed by atoms with E-state index in [2.05, 4.69) is 0 Å². The first-order valence-corrected chi connectivity index (χ1v) is 8.16. The van der Waals surface area contributed by atoms with Gasteiger partial charge in [0.05, 0.1) is 21.3 Å². The van der Waals surface area contributed by atoms with Gasteiger partial charge in [0.2, 0.25) is 0 Å². The summed E-state index contributed by atoms with van der Waals surface area (Å²) in [5, 5.41) is 9.17. The Kier molecular flexibility index (Phi) is 5.98. The predicted molar refractivity (Wildman–Crippen MR) is 78.8 cm³/mol. The van der Waals surface area contributed by atoms with E-state index < -0.39 is 21.4 Å². The molecule has 1 N–H and O–H groups in total. The van der Waals surface area contributed by atoms with Gasteiger partial charge in [-0.25, -0.2) is 9.18 Å². The van der Waals surface area contributed by atoms with Gasteiger partial charge >= 0.3 is 5.97 Å². The summed E-state index contributed by atoms with van der Waals surface area (Å²) >= 11 is 11.0. The monoisotopic (exact) mass is 340 g/mol. The van der Waals surface area contributed by atoms with Crippen LogP contribution in [0, 0.1) is 0 Å². The molecule has 0 saturated carbocycles. The van der Waals surface area contributed by atoms with Crippen LogP contribution < -0.4 is 0 Å². The van der Waals surface area contributed by atoms with Gasteiger partial charge in [0, 0.05) is 11.3 Å². The lowest BCUT2D eigenvalue weighted by Crippen LogP contribution is -2.15. The number of benzene rings is 1. The number of aromatic carboxylic acids is 1. The summed E-state index contributed by atoms with van der Waals surface area (Å²) in [7, 11) is -1.55. The topological polar surface area (TPSA) is 54.4 Å². The standard InChI is InChI=1S/C13H15Cl2FO3S/c1-3-7-20(19)11-8(4-2)9(12(17)18)5-6-10(11)13(14,15)16/h5-6H,3-4,7H2,1-2H3,(H,17,18)/t20-/m0/s1. The van der Waals surface area contributed by atoms with E-state index >= 15 is 0 Å². The van der Waals surface area contributed by atoms with Crippen LogP contribution in [0.5, 0.6) is 0 Å². The number of rotatable bonds is 6. The van der Waals surface area contributed by atoms with Crippen molar-refractivity contribution < 1.29 is 18.5 Å². The van der Waals surface area contributed by atoms with Gasteiger partial charge in [-0.05, 0) is 24.5 Å². The van der Waals surface area contributed by atoms with E-state index in [1.165, 1.54) is 12.1 Å². The summed E-state index contributed by atoms with van der Waals surface area (Å²) in [6.07, 6.45) is 0.903. The number of halogens is 3. The average Bonchev–Trinajstić information content (AvgIpc) is 2.35. The van der Waals surface area contributed by atoms with Crippen LogP contribution in [0.15, 0.2) is 17.0 Å². The molecule has 1 atom stereocenters. The Morgan fingerprint density at radius 1 is 1.40 bits per heavy atom. The first-order valence-electron chi connectivity index (χ1n) is 6.08. The molecule has 0 aliphatic heterocycles. The summed E-state index contributed by atoms with van der Waals surface area (Å²) < 4.78 is 23.5. The average molecular weight is 341 g/mol. The van der Waals surface area contributed by atoms with Gasteiger partial charge in [0.25, 0.3) is 4.59 Å². The molecular formula is C13H15Cl2FO3S. The van der Waals surface area contributed by atoms with Crippen molar-refractivity contribution >= 4 is 40.0 Å². The van der Waals surface area contributed by atoms with E-state index in [1.807, 2.05) is 6.92 Å². The molecule has 1 aromatic rings. The highest BCUT2D eigenvalue weighted by atomic mass is 35.5. The first-order chi connectivity index (χ1) is 9.23. The maximum Gasteiger partial charge on any atom is 0.336 e. The number of hydrogen-bond donors (Lipinski definition) is 1. The first kappa shape index (κ1) is 17.4. The molecule has 0 aromatic heterocycles. The molecule has 0 radical (unpaired) electrons. The third-order valence-electron chi connectivity index (χ3n) is 2.77. The summed E-state index contributed by atoms with van der Waals surface area (Å²) in [5.74, 6) is -0.871. The molecule has 1 rings (SSSR count). The molecular weight excluding hydrogens is 326 g/mol. The third kappa shape index (κ3) is 3.71. The molecule has 112 valence electrons. The van der Waals surface area contributed by atoms with Crippen molar-refractivity contribution in [2.24, 2.45) is 0 Å². The Balaban J connectivity index is 3.64. The minimum Gasteiger partial charge on any atom is -0.478 e. The normalized spacial score (nSPS) is 13.2. The minimum atomic E-state index is -2.71. The maximum atomic E-state index is 13.9. The van der Waals surface area contributed by atoms with Gasteiger partial charge in [0.1, 0.15) is 0 Å². The van der Waals surface area contributed by atoms with Crippen molar-refractivity contribution in [3.63, 3.8) is 0 Å². The molecule has 3 nitrogen and oxygen atoms in total. The van der Waals surface area contributed by atoms with E-state index in [0.717, 1.165) is 0 Å². The quantitative estimate of drug-likeness (QED) is 0.795. The largest absolute Gasteiger partial charge is 0.478 e. The van der Waals surface area contributed by atoms with Crippen molar-refractivity contribution in [3.05, 3.63) is 28.8 Å². The lowest BCUT2D eigenvalue weighted by molar-refractivity contribution is 0.0695. The van der Waals surface area contributed by atoms with Crippen molar-refractivity contribution in [3.8, 4) is 0 Å². The van der Waals surface area contributed by atoms with Crippen LogP contribution in [-0.2, 0) is 21.8 Å². The fraction of sp³-hybridized carbons (Fsp3) is 0.462. The second kappa shape index (κ2) is 6.87. The van der Waals surface area contributed by atoms with E-state index in [4.69, 9.17) is 28.3 Å². The van der Waals surface area contributed by atoms with E-state index in [-0.39, 0.29) is 21.8 Å². The van der Waals surface area contributed by atoms with E-state index in [9.17, 15) is 13.4 Å². The number of carbonyl (C=O) groups is 1. The SMILES string of the molecule is CCC[S@](=O)c1c(C(F)(Cl)Cl)ccc(C(=O)O)c1CC. The molecule has 0 unspecified atom stereocenters.